The standard InChI is InChI=1S/C43H44ClO3P/c1-7-27-22-30(10-4)39(31(11-5)23-27)37-25-33-17-13-15-19-35(33)41-40-34-18-14-12-16-32(34)24-36(42(40)46-48(44,45)47-43(37)41)38-28(8-2)20-26(6)21-29(38)9-3/h12-20,22-26H,7-11,21H2,1-6H3. The molecule has 0 spiro atoms. The van der Waals surface area contributed by atoms with Gasteiger partial charge in [0.15, 0.2) is 0 Å². The van der Waals surface area contributed by atoms with E-state index >= 15 is 0 Å². The molecular weight excluding hydrogens is 631 g/mol. The third kappa shape index (κ3) is 5.50. The minimum atomic E-state index is -4.18. The number of fused-ring (bicyclic) bond motifs is 7. The summed E-state index contributed by atoms with van der Waals surface area (Å²) in [5.41, 5.74) is 12.4. The number of benzene rings is 5. The van der Waals surface area contributed by atoms with Crippen molar-refractivity contribution in [2.45, 2.75) is 80.1 Å². The molecule has 1 aliphatic heterocycles. The van der Waals surface area contributed by atoms with E-state index in [4.69, 9.17) is 20.3 Å². The lowest BCUT2D eigenvalue weighted by Crippen LogP contribution is -2.08. The summed E-state index contributed by atoms with van der Waals surface area (Å²) in [6.07, 6.45) is 7.85. The fourth-order valence-electron chi connectivity index (χ4n) is 8.08. The molecule has 0 amide bonds. The van der Waals surface area contributed by atoms with E-state index in [0.29, 0.717) is 17.4 Å². The molecular formula is C43H44ClO3P. The lowest BCUT2D eigenvalue weighted by atomic mass is 9.78. The molecule has 0 bridgehead atoms. The zero-order chi connectivity index (χ0) is 33.7. The molecule has 2 unspecified atom stereocenters. The van der Waals surface area contributed by atoms with Crippen LogP contribution in [0.2, 0.25) is 0 Å². The highest BCUT2D eigenvalue weighted by atomic mass is 35.7. The van der Waals surface area contributed by atoms with Gasteiger partial charge in [0.2, 0.25) is 0 Å². The largest absolute Gasteiger partial charge is 0.530 e. The predicted octanol–water partition coefficient (Wildman–Crippen LogP) is 13.7. The lowest BCUT2D eigenvalue weighted by Gasteiger charge is -2.27. The SMILES string of the molecule is CCC1=CC(C)CC(CC)=C1c1cc2ccccc2c2c1OP(=O)(Cl)Oc1c(-c3c(CC)cc(CC)cc3CC)cc3ccccc3c1-2. The number of allylic oxidation sites excluding steroid dienone is 4. The van der Waals surface area contributed by atoms with Gasteiger partial charge in [-0.25, -0.2) is 4.57 Å². The van der Waals surface area contributed by atoms with E-state index in [9.17, 15) is 4.57 Å². The van der Waals surface area contributed by atoms with Crippen molar-refractivity contribution in [1.29, 1.82) is 0 Å². The highest BCUT2D eigenvalue weighted by molar-refractivity contribution is 7.82. The Morgan fingerprint density at radius 2 is 1.23 bits per heavy atom. The maximum Gasteiger partial charge on any atom is 0.530 e. The first-order valence-corrected chi connectivity index (χ1v) is 20.1. The predicted molar refractivity (Wildman–Crippen MR) is 205 cm³/mol. The molecule has 3 nitrogen and oxygen atoms in total. The first-order chi connectivity index (χ1) is 23.2. The van der Waals surface area contributed by atoms with Gasteiger partial charge in [0.25, 0.3) is 0 Å². The van der Waals surface area contributed by atoms with Gasteiger partial charge < -0.3 is 9.05 Å². The first-order valence-electron chi connectivity index (χ1n) is 17.6. The Balaban J connectivity index is 1.70. The second kappa shape index (κ2) is 12.9. The Hall–Kier alpha value is -3.78. The molecule has 2 atom stereocenters. The summed E-state index contributed by atoms with van der Waals surface area (Å²) >= 11 is 6.94. The van der Waals surface area contributed by atoms with E-state index in [1.54, 1.807) is 0 Å². The molecule has 0 N–H and O–H groups in total. The van der Waals surface area contributed by atoms with Crippen LogP contribution >= 0.6 is 18.2 Å². The van der Waals surface area contributed by atoms with E-state index < -0.39 is 6.95 Å². The monoisotopic (exact) mass is 674 g/mol. The summed E-state index contributed by atoms with van der Waals surface area (Å²) in [5, 5.41) is 4.20. The van der Waals surface area contributed by atoms with Gasteiger partial charge >= 0.3 is 6.95 Å². The van der Waals surface area contributed by atoms with Crippen molar-refractivity contribution in [2.24, 2.45) is 5.92 Å². The Morgan fingerprint density at radius 1 is 0.688 bits per heavy atom. The summed E-state index contributed by atoms with van der Waals surface area (Å²) in [7, 11) is 0. The normalized spacial score (nSPS) is 19.0. The average molecular weight is 675 g/mol. The average Bonchev–Trinajstić information content (AvgIpc) is 3.23. The van der Waals surface area contributed by atoms with Crippen LogP contribution in [0.25, 0.3) is 49.4 Å². The van der Waals surface area contributed by atoms with Gasteiger partial charge in [0, 0.05) is 33.5 Å². The summed E-state index contributed by atoms with van der Waals surface area (Å²) in [4.78, 5) is 0. The van der Waals surface area contributed by atoms with Crippen LogP contribution in [0.4, 0.5) is 0 Å². The zero-order valence-electron chi connectivity index (χ0n) is 28.9. The van der Waals surface area contributed by atoms with Gasteiger partial charge in [-0.05, 0) is 112 Å². The minimum Gasteiger partial charge on any atom is -0.403 e. The highest BCUT2D eigenvalue weighted by Gasteiger charge is 2.39. The maximum absolute atomic E-state index is 14.5. The van der Waals surface area contributed by atoms with E-state index in [-0.39, 0.29) is 0 Å². The number of halogens is 1. The topological polar surface area (TPSA) is 35.5 Å². The fraction of sp³-hybridized carbons (Fsp3) is 0.302. The van der Waals surface area contributed by atoms with Crippen LogP contribution in [-0.4, -0.2) is 0 Å². The summed E-state index contributed by atoms with van der Waals surface area (Å²) in [5.74, 6) is 1.51. The molecule has 2 aliphatic rings. The second-order valence-electron chi connectivity index (χ2n) is 13.2. The van der Waals surface area contributed by atoms with Crippen LogP contribution in [0.15, 0.2) is 90.0 Å². The smallest absolute Gasteiger partial charge is 0.403 e. The third-order valence-corrected chi connectivity index (χ3v) is 11.5. The highest BCUT2D eigenvalue weighted by Crippen LogP contribution is 2.65. The molecule has 5 heteroatoms. The van der Waals surface area contributed by atoms with Gasteiger partial charge in [-0.15, -0.1) is 0 Å². The summed E-state index contributed by atoms with van der Waals surface area (Å²) < 4.78 is 27.6. The lowest BCUT2D eigenvalue weighted by molar-refractivity contribution is 0.412. The third-order valence-electron chi connectivity index (χ3n) is 10.3. The molecule has 0 saturated heterocycles. The first kappa shape index (κ1) is 32.8. The maximum atomic E-state index is 14.5. The van der Waals surface area contributed by atoms with E-state index in [2.05, 4.69) is 120 Å². The zero-order valence-corrected chi connectivity index (χ0v) is 30.5. The molecule has 0 fully saturated rings. The summed E-state index contributed by atoms with van der Waals surface area (Å²) in [6, 6.07) is 25.9. The molecule has 246 valence electrons. The molecule has 1 heterocycles. The molecule has 48 heavy (non-hydrogen) atoms. The number of aryl methyl sites for hydroxylation is 3. The number of rotatable bonds is 7. The van der Waals surface area contributed by atoms with Crippen molar-refractivity contribution in [3.8, 4) is 33.8 Å². The quantitative estimate of drug-likeness (QED) is 0.161. The number of hydrogen-bond donors (Lipinski definition) is 0. The van der Waals surface area contributed by atoms with E-state index in [0.717, 1.165) is 87.9 Å². The van der Waals surface area contributed by atoms with Crippen LogP contribution in [0.3, 0.4) is 0 Å². The summed E-state index contributed by atoms with van der Waals surface area (Å²) in [6.45, 7) is 9.15. The van der Waals surface area contributed by atoms with Gasteiger partial charge in [0.1, 0.15) is 11.5 Å². The Kier molecular flexibility index (Phi) is 8.82. The molecule has 1 aliphatic carbocycles. The van der Waals surface area contributed by atoms with Gasteiger partial charge in [-0.2, -0.15) is 0 Å². The molecule has 0 saturated carbocycles. The molecule has 0 aromatic heterocycles. The second-order valence-corrected chi connectivity index (χ2v) is 15.7. The van der Waals surface area contributed by atoms with Crippen molar-refractivity contribution in [3.63, 3.8) is 0 Å². The van der Waals surface area contributed by atoms with Crippen LogP contribution in [0.1, 0.15) is 83.1 Å². The van der Waals surface area contributed by atoms with Crippen molar-refractivity contribution >= 4 is 45.3 Å². The van der Waals surface area contributed by atoms with Gasteiger partial charge in [-0.3, -0.25) is 0 Å². The Morgan fingerprint density at radius 3 is 1.75 bits per heavy atom. The van der Waals surface area contributed by atoms with Crippen LogP contribution in [-0.2, 0) is 23.8 Å². The molecule has 0 radical (unpaired) electrons. The fourth-order valence-corrected chi connectivity index (χ4v) is 9.35. The Bertz CT molecular complexity index is 2180. The van der Waals surface area contributed by atoms with Crippen molar-refractivity contribution in [1.82, 2.24) is 0 Å². The molecule has 5 aromatic rings. The van der Waals surface area contributed by atoms with Gasteiger partial charge in [-0.1, -0.05) is 114 Å². The molecule has 7 rings (SSSR count). The van der Waals surface area contributed by atoms with Gasteiger partial charge in [0.05, 0.1) is 0 Å². The van der Waals surface area contributed by atoms with Crippen LogP contribution in [0, 0.1) is 5.92 Å². The van der Waals surface area contributed by atoms with Crippen molar-refractivity contribution < 1.29 is 13.6 Å². The van der Waals surface area contributed by atoms with Crippen LogP contribution < -0.4 is 9.05 Å². The minimum absolute atomic E-state index is 0.452. The van der Waals surface area contributed by atoms with Crippen LogP contribution in [0.5, 0.6) is 11.5 Å². The van der Waals surface area contributed by atoms with E-state index in [1.807, 2.05) is 0 Å². The molecule has 5 aromatic carbocycles. The van der Waals surface area contributed by atoms with Crippen molar-refractivity contribution in [3.05, 3.63) is 112 Å². The van der Waals surface area contributed by atoms with E-state index in [1.165, 1.54) is 33.4 Å². The Labute approximate surface area is 290 Å². The number of hydrogen-bond acceptors (Lipinski definition) is 3. The van der Waals surface area contributed by atoms with Crippen molar-refractivity contribution in [2.75, 3.05) is 0 Å².